The van der Waals surface area contributed by atoms with E-state index in [9.17, 15) is 18.0 Å². The van der Waals surface area contributed by atoms with Gasteiger partial charge < -0.3 is 10.2 Å². The molecule has 0 spiro atoms. The zero-order chi connectivity index (χ0) is 25.5. The zero-order valence-electron chi connectivity index (χ0n) is 19.7. The molecule has 0 aliphatic heterocycles. The van der Waals surface area contributed by atoms with Crippen LogP contribution in [-0.4, -0.2) is 62.7 Å². The lowest BCUT2D eigenvalue weighted by Gasteiger charge is -2.33. The number of amides is 2. The molecule has 1 N–H and O–H groups in total. The number of para-hydroxylation sites is 1. The molecule has 2 aromatic carbocycles. The molecule has 0 unspecified atom stereocenters. The Labute approximate surface area is 211 Å². The van der Waals surface area contributed by atoms with Gasteiger partial charge in [-0.05, 0) is 37.6 Å². The highest BCUT2D eigenvalue weighted by Gasteiger charge is 2.33. The van der Waals surface area contributed by atoms with Gasteiger partial charge in [-0.2, -0.15) is 12.7 Å². The Bertz CT molecular complexity index is 1080. The van der Waals surface area contributed by atoms with Crippen molar-refractivity contribution in [1.82, 2.24) is 14.5 Å². The quantitative estimate of drug-likeness (QED) is 0.482. The van der Waals surface area contributed by atoms with Crippen LogP contribution in [0.15, 0.2) is 48.5 Å². The molecule has 1 atom stereocenters. The lowest BCUT2D eigenvalue weighted by atomic mass is 10.1. The van der Waals surface area contributed by atoms with Gasteiger partial charge in [0.2, 0.25) is 11.8 Å². The normalized spacial score (nSPS) is 12.3. The summed E-state index contributed by atoms with van der Waals surface area (Å²) in [5, 5.41) is 3.46. The molecule has 0 aliphatic carbocycles. The molecule has 0 radical (unpaired) electrons. The summed E-state index contributed by atoms with van der Waals surface area (Å²) < 4.78 is 28.2. The minimum absolute atomic E-state index is 0.0668. The van der Waals surface area contributed by atoms with Crippen molar-refractivity contribution in [1.29, 1.82) is 0 Å². The number of anilines is 1. The first-order valence-corrected chi connectivity index (χ1v) is 12.9. The first-order valence-electron chi connectivity index (χ1n) is 10.8. The third-order valence-electron chi connectivity index (χ3n) is 5.17. The van der Waals surface area contributed by atoms with Crippen molar-refractivity contribution in [2.24, 2.45) is 0 Å². The van der Waals surface area contributed by atoms with Crippen molar-refractivity contribution in [2.75, 3.05) is 31.5 Å². The maximum atomic E-state index is 13.6. The molecule has 0 aliphatic rings. The largest absolute Gasteiger partial charge is 0.354 e. The summed E-state index contributed by atoms with van der Waals surface area (Å²) in [5.41, 5.74) is 0.791. The van der Waals surface area contributed by atoms with E-state index in [1.54, 1.807) is 55.5 Å². The van der Waals surface area contributed by atoms with Crippen LogP contribution in [0.4, 0.5) is 5.69 Å². The van der Waals surface area contributed by atoms with Gasteiger partial charge in [0.15, 0.2) is 0 Å². The van der Waals surface area contributed by atoms with Crippen molar-refractivity contribution in [3.05, 3.63) is 64.1 Å². The highest BCUT2D eigenvalue weighted by atomic mass is 35.5. The van der Waals surface area contributed by atoms with Crippen molar-refractivity contribution in [3.8, 4) is 0 Å². The zero-order valence-corrected chi connectivity index (χ0v) is 22.0. The number of rotatable bonds is 11. The van der Waals surface area contributed by atoms with E-state index in [2.05, 4.69) is 5.32 Å². The lowest BCUT2D eigenvalue weighted by molar-refractivity contribution is -0.139. The van der Waals surface area contributed by atoms with Crippen LogP contribution in [0.3, 0.4) is 0 Å². The van der Waals surface area contributed by atoms with Gasteiger partial charge in [-0.1, -0.05) is 54.4 Å². The van der Waals surface area contributed by atoms with E-state index in [-0.39, 0.29) is 12.5 Å². The summed E-state index contributed by atoms with van der Waals surface area (Å²) >= 11 is 12.7. The van der Waals surface area contributed by atoms with Crippen LogP contribution in [0.5, 0.6) is 0 Å². The molecule has 0 saturated heterocycles. The summed E-state index contributed by atoms with van der Waals surface area (Å²) in [5.74, 6) is -0.940. The first-order chi connectivity index (χ1) is 16.0. The second-order valence-corrected chi connectivity index (χ2v) is 10.7. The molecule has 2 aromatic rings. The smallest absolute Gasteiger partial charge is 0.304 e. The highest BCUT2D eigenvalue weighted by Crippen LogP contribution is 2.27. The van der Waals surface area contributed by atoms with Crippen LogP contribution in [0.2, 0.25) is 10.0 Å². The molecule has 0 saturated carbocycles. The number of carbonyl (C=O) groups excluding carboxylic acids is 2. The van der Waals surface area contributed by atoms with Crippen LogP contribution in [0, 0.1) is 0 Å². The van der Waals surface area contributed by atoms with Crippen LogP contribution in [0.1, 0.15) is 25.8 Å². The summed E-state index contributed by atoms with van der Waals surface area (Å²) in [7, 11) is -1.23. The van der Waals surface area contributed by atoms with Gasteiger partial charge in [0.1, 0.15) is 12.6 Å². The number of hydrogen-bond donors (Lipinski definition) is 1. The standard InChI is InChI=1S/C23H30Cl2N4O4S/c1-5-14-26-23(31)17(2)28(15-19-20(24)12-9-13-21(19)25)22(30)16-29(34(32,33)27(3)4)18-10-7-6-8-11-18/h6-13,17H,5,14-16H2,1-4H3,(H,26,31)/t17-/m1/s1. The van der Waals surface area contributed by atoms with E-state index in [1.807, 2.05) is 6.92 Å². The van der Waals surface area contributed by atoms with Gasteiger partial charge in [-0.15, -0.1) is 0 Å². The minimum Gasteiger partial charge on any atom is -0.354 e. The van der Waals surface area contributed by atoms with Crippen LogP contribution in [-0.2, 0) is 26.3 Å². The third kappa shape index (κ3) is 6.85. The van der Waals surface area contributed by atoms with Gasteiger partial charge in [0.05, 0.1) is 5.69 Å². The molecule has 2 amide bonds. The van der Waals surface area contributed by atoms with E-state index in [1.165, 1.54) is 19.0 Å². The molecule has 0 bridgehead atoms. The molecular formula is C23H30Cl2N4O4S. The number of benzene rings is 2. The Morgan fingerprint density at radius 3 is 2.12 bits per heavy atom. The number of nitrogens with zero attached hydrogens (tertiary/aromatic N) is 3. The minimum atomic E-state index is -4.00. The summed E-state index contributed by atoms with van der Waals surface area (Å²) in [4.78, 5) is 27.6. The Kier molecular flexibility index (Phi) is 10.2. The molecule has 34 heavy (non-hydrogen) atoms. The van der Waals surface area contributed by atoms with E-state index in [0.717, 1.165) is 15.0 Å². The third-order valence-corrected chi connectivity index (χ3v) is 7.70. The second-order valence-electron chi connectivity index (χ2n) is 7.82. The summed E-state index contributed by atoms with van der Waals surface area (Å²) in [6, 6.07) is 12.4. The maximum Gasteiger partial charge on any atom is 0.304 e. The molecule has 2 rings (SSSR count). The Morgan fingerprint density at radius 1 is 1.00 bits per heavy atom. The van der Waals surface area contributed by atoms with Crippen molar-refractivity contribution >= 4 is 50.9 Å². The van der Waals surface area contributed by atoms with E-state index in [4.69, 9.17) is 23.2 Å². The fraction of sp³-hybridized carbons (Fsp3) is 0.391. The van der Waals surface area contributed by atoms with Crippen LogP contribution >= 0.6 is 23.2 Å². The molecule has 0 aromatic heterocycles. The Balaban J connectivity index is 2.47. The second kappa shape index (κ2) is 12.4. The molecule has 0 fully saturated rings. The molecule has 11 heteroatoms. The van der Waals surface area contributed by atoms with Gasteiger partial charge >= 0.3 is 10.2 Å². The SMILES string of the molecule is CCCNC(=O)[C@@H](C)N(Cc1c(Cl)cccc1Cl)C(=O)CN(c1ccccc1)S(=O)(=O)N(C)C. The van der Waals surface area contributed by atoms with E-state index >= 15 is 0 Å². The molecule has 186 valence electrons. The van der Waals surface area contributed by atoms with E-state index in [0.29, 0.717) is 27.8 Å². The first kappa shape index (κ1) is 27.9. The van der Waals surface area contributed by atoms with Crippen LogP contribution in [0.25, 0.3) is 0 Å². The van der Waals surface area contributed by atoms with Gasteiger partial charge in [0.25, 0.3) is 0 Å². The van der Waals surface area contributed by atoms with Gasteiger partial charge in [-0.25, -0.2) is 4.31 Å². The van der Waals surface area contributed by atoms with Gasteiger partial charge in [0, 0.05) is 42.8 Å². The fourth-order valence-corrected chi connectivity index (χ4v) is 4.72. The summed E-state index contributed by atoms with van der Waals surface area (Å²) in [6.07, 6.45) is 0.728. The van der Waals surface area contributed by atoms with Crippen molar-refractivity contribution in [2.45, 2.75) is 32.9 Å². The lowest BCUT2D eigenvalue weighted by Crippen LogP contribution is -2.52. The average molecular weight is 529 g/mol. The van der Waals surface area contributed by atoms with Crippen LogP contribution < -0.4 is 9.62 Å². The van der Waals surface area contributed by atoms with E-state index < -0.39 is 28.7 Å². The monoisotopic (exact) mass is 528 g/mol. The molecular weight excluding hydrogens is 499 g/mol. The highest BCUT2D eigenvalue weighted by molar-refractivity contribution is 7.90. The summed E-state index contributed by atoms with van der Waals surface area (Å²) in [6.45, 7) is 3.37. The fourth-order valence-electron chi connectivity index (χ4n) is 3.14. The number of carbonyl (C=O) groups is 2. The predicted molar refractivity (Wildman–Crippen MR) is 136 cm³/mol. The van der Waals surface area contributed by atoms with Crippen molar-refractivity contribution < 1.29 is 18.0 Å². The van der Waals surface area contributed by atoms with Crippen molar-refractivity contribution in [3.63, 3.8) is 0 Å². The molecule has 0 heterocycles. The number of halogens is 2. The average Bonchev–Trinajstić information content (AvgIpc) is 2.80. The Morgan fingerprint density at radius 2 is 1.59 bits per heavy atom. The number of nitrogens with one attached hydrogen (secondary N) is 1. The maximum absolute atomic E-state index is 13.6. The molecule has 8 nitrogen and oxygen atoms in total. The predicted octanol–water partition coefficient (Wildman–Crippen LogP) is 3.55. The topological polar surface area (TPSA) is 90.0 Å². The Hall–Kier alpha value is -2.33. The number of hydrogen-bond acceptors (Lipinski definition) is 4. The van der Waals surface area contributed by atoms with Gasteiger partial charge in [-0.3, -0.25) is 9.59 Å².